The van der Waals surface area contributed by atoms with Crippen LogP contribution in [0.1, 0.15) is 43.2 Å². The molecule has 20 heavy (non-hydrogen) atoms. The van der Waals surface area contributed by atoms with E-state index in [-0.39, 0.29) is 12.1 Å². The Labute approximate surface area is 123 Å². The van der Waals surface area contributed by atoms with E-state index in [2.05, 4.69) is 15.5 Å². The van der Waals surface area contributed by atoms with Crippen LogP contribution < -0.4 is 5.32 Å². The number of aliphatic hydroxyl groups is 1. The minimum Gasteiger partial charge on any atom is -0.391 e. The van der Waals surface area contributed by atoms with Gasteiger partial charge in [0.15, 0.2) is 11.0 Å². The van der Waals surface area contributed by atoms with E-state index >= 15 is 0 Å². The Morgan fingerprint density at radius 3 is 2.85 bits per heavy atom. The van der Waals surface area contributed by atoms with E-state index in [1.165, 1.54) is 0 Å². The number of hydrogen-bond donors (Lipinski definition) is 2. The molecule has 0 aromatic carbocycles. The first-order valence-electron chi connectivity index (χ1n) is 7.32. The van der Waals surface area contributed by atoms with Gasteiger partial charge in [0.2, 0.25) is 0 Å². The smallest absolute Gasteiger partial charge is 0.155 e. The van der Waals surface area contributed by atoms with Crippen LogP contribution in [0.5, 0.6) is 0 Å². The Kier molecular flexibility index (Phi) is 4.38. The summed E-state index contributed by atoms with van der Waals surface area (Å²) in [6.45, 7) is 1.24. The Hall–Kier alpha value is -0.910. The number of aromatic nitrogens is 2. The van der Waals surface area contributed by atoms with Crippen molar-refractivity contribution in [3.05, 3.63) is 16.3 Å². The SMILES string of the molecule is O[C@@H]1CCCC[C@H]1Nc1nnc(Cl)c2c1COCCC2. The number of nitrogens with zero attached hydrogens (tertiary/aromatic N) is 2. The number of fused-ring (bicyclic) bond motifs is 1. The first kappa shape index (κ1) is 14.0. The summed E-state index contributed by atoms with van der Waals surface area (Å²) in [5.74, 6) is 0.720. The van der Waals surface area contributed by atoms with E-state index < -0.39 is 0 Å². The van der Waals surface area contributed by atoms with Crippen molar-refractivity contribution < 1.29 is 9.84 Å². The molecule has 0 amide bonds. The van der Waals surface area contributed by atoms with Crippen LogP contribution in [0, 0.1) is 0 Å². The first-order chi connectivity index (χ1) is 9.75. The molecule has 2 atom stereocenters. The molecule has 0 saturated heterocycles. The van der Waals surface area contributed by atoms with Crippen LogP contribution in [-0.4, -0.2) is 34.1 Å². The molecule has 1 aliphatic heterocycles. The summed E-state index contributed by atoms with van der Waals surface area (Å²) in [5.41, 5.74) is 2.03. The standard InChI is InChI=1S/C14H20ClN3O2/c15-13-9-4-3-7-20-8-10(9)14(18-17-13)16-11-5-1-2-6-12(11)19/h11-12,19H,1-8H2,(H,16,18)/t11-,12-/m1/s1. The van der Waals surface area contributed by atoms with Gasteiger partial charge in [-0.15, -0.1) is 10.2 Å². The molecule has 1 aromatic rings. The Bertz CT molecular complexity index is 484. The Balaban J connectivity index is 1.85. The van der Waals surface area contributed by atoms with Crippen molar-refractivity contribution in [1.29, 1.82) is 0 Å². The maximum atomic E-state index is 10.1. The molecule has 2 N–H and O–H groups in total. The van der Waals surface area contributed by atoms with Gasteiger partial charge < -0.3 is 15.2 Å². The van der Waals surface area contributed by atoms with Crippen molar-refractivity contribution in [3.8, 4) is 0 Å². The molecule has 1 aliphatic carbocycles. The highest BCUT2D eigenvalue weighted by molar-refractivity contribution is 6.30. The third kappa shape index (κ3) is 2.90. The van der Waals surface area contributed by atoms with Crippen LogP contribution in [0.4, 0.5) is 5.82 Å². The Morgan fingerprint density at radius 1 is 1.15 bits per heavy atom. The highest BCUT2D eigenvalue weighted by Crippen LogP contribution is 2.29. The molecule has 3 rings (SSSR count). The van der Waals surface area contributed by atoms with Crippen LogP contribution in [0.15, 0.2) is 0 Å². The van der Waals surface area contributed by atoms with Gasteiger partial charge in [-0.05, 0) is 25.7 Å². The van der Waals surface area contributed by atoms with E-state index in [0.29, 0.717) is 11.8 Å². The fourth-order valence-corrected chi connectivity index (χ4v) is 3.23. The number of anilines is 1. The molecule has 0 unspecified atom stereocenters. The van der Waals surface area contributed by atoms with E-state index in [4.69, 9.17) is 16.3 Å². The van der Waals surface area contributed by atoms with E-state index in [1.54, 1.807) is 0 Å². The van der Waals surface area contributed by atoms with Gasteiger partial charge in [0.05, 0.1) is 18.8 Å². The van der Waals surface area contributed by atoms with Crippen molar-refractivity contribution in [2.45, 2.75) is 57.3 Å². The van der Waals surface area contributed by atoms with Gasteiger partial charge in [-0.1, -0.05) is 24.4 Å². The zero-order valence-electron chi connectivity index (χ0n) is 11.4. The van der Waals surface area contributed by atoms with E-state index in [9.17, 15) is 5.11 Å². The average Bonchev–Trinajstić information content (AvgIpc) is 2.71. The summed E-state index contributed by atoms with van der Waals surface area (Å²) in [6.07, 6.45) is 5.53. The number of ether oxygens (including phenoxy) is 1. The van der Waals surface area contributed by atoms with Crippen LogP contribution in [0.2, 0.25) is 5.15 Å². The maximum Gasteiger partial charge on any atom is 0.155 e. The molecule has 2 aliphatic rings. The zero-order chi connectivity index (χ0) is 13.9. The summed E-state index contributed by atoms with van der Waals surface area (Å²) in [5, 5.41) is 22.1. The summed E-state index contributed by atoms with van der Waals surface area (Å²) in [6, 6.07) is 0.0478. The molecule has 0 spiro atoms. The number of halogens is 1. The second-order valence-corrected chi connectivity index (χ2v) is 5.91. The summed E-state index contributed by atoms with van der Waals surface area (Å²) < 4.78 is 5.60. The number of aliphatic hydroxyl groups excluding tert-OH is 1. The molecule has 0 radical (unpaired) electrons. The minimum absolute atomic E-state index is 0.0478. The Morgan fingerprint density at radius 2 is 2.00 bits per heavy atom. The largest absolute Gasteiger partial charge is 0.391 e. The topological polar surface area (TPSA) is 67.3 Å². The summed E-state index contributed by atoms with van der Waals surface area (Å²) >= 11 is 6.15. The quantitative estimate of drug-likeness (QED) is 0.877. The lowest BCUT2D eigenvalue weighted by Gasteiger charge is -2.29. The molecule has 1 fully saturated rings. The monoisotopic (exact) mass is 297 g/mol. The van der Waals surface area contributed by atoms with Crippen LogP contribution in [-0.2, 0) is 17.8 Å². The van der Waals surface area contributed by atoms with Gasteiger partial charge in [0, 0.05) is 17.7 Å². The van der Waals surface area contributed by atoms with Gasteiger partial charge in [0.1, 0.15) is 0 Å². The lowest BCUT2D eigenvalue weighted by Crippen LogP contribution is -2.37. The molecule has 110 valence electrons. The van der Waals surface area contributed by atoms with Gasteiger partial charge in [-0.2, -0.15) is 0 Å². The lowest BCUT2D eigenvalue weighted by molar-refractivity contribution is 0.115. The second-order valence-electron chi connectivity index (χ2n) is 5.56. The molecule has 2 heterocycles. The third-order valence-corrected chi connectivity index (χ3v) is 4.45. The van der Waals surface area contributed by atoms with Crippen molar-refractivity contribution in [2.24, 2.45) is 0 Å². The molecular formula is C14H20ClN3O2. The summed E-state index contributed by atoms with van der Waals surface area (Å²) in [4.78, 5) is 0. The van der Waals surface area contributed by atoms with Crippen molar-refractivity contribution in [1.82, 2.24) is 10.2 Å². The highest BCUT2D eigenvalue weighted by atomic mass is 35.5. The maximum absolute atomic E-state index is 10.1. The van der Waals surface area contributed by atoms with Crippen molar-refractivity contribution in [2.75, 3.05) is 11.9 Å². The van der Waals surface area contributed by atoms with Crippen molar-refractivity contribution in [3.63, 3.8) is 0 Å². The zero-order valence-corrected chi connectivity index (χ0v) is 12.2. The van der Waals surface area contributed by atoms with E-state index in [1.807, 2.05) is 0 Å². The molecular weight excluding hydrogens is 278 g/mol. The first-order valence-corrected chi connectivity index (χ1v) is 7.70. The van der Waals surface area contributed by atoms with Gasteiger partial charge in [-0.3, -0.25) is 0 Å². The summed E-state index contributed by atoms with van der Waals surface area (Å²) in [7, 11) is 0. The molecule has 5 nitrogen and oxygen atoms in total. The average molecular weight is 298 g/mol. The normalized spacial score (nSPS) is 26.7. The predicted octanol–water partition coefficient (Wildman–Crippen LogP) is 2.31. The van der Waals surface area contributed by atoms with Crippen molar-refractivity contribution >= 4 is 17.4 Å². The third-order valence-electron chi connectivity index (χ3n) is 4.15. The van der Waals surface area contributed by atoms with Gasteiger partial charge >= 0.3 is 0 Å². The van der Waals surface area contributed by atoms with Gasteiger partial charge in [0.25, 0.3) is 0 Å². The molecule has 0 bridgehead atoms. The molecule has 6 heteroatoms. The van der Waals surface area contributed by atoms with Crippen LogP contribution in [0.3, 0.4) is 0 Å². The fourth-order valence-electron chi connectivity index (χ4n) is 2.99. The van der Waals surface area contributed by atoms with Crippen LogP contribution >= 0.6 is 11.6 Å². The lowest BCUT2D eigenvalue weighted by atomic mass is 9.92. The molecule has 1 saturated carbocycles. The minimum atomic E-state index is -0.316. The van der Waals surface area contributed by atoms with E-state index in [0.717, 1.165) is 62.1 Å². The number of rotatable bonds is 2. The second kappa shape index (κ2) is 6.24. The number of hydrogen-bond acceptors (Lipinski definition) is 5. The fraction of sp³-hybridized carbons (Fsp3) is 0.714. The van der Waals surface area contributed by atoms with Gasteiger partial charge in [-0.25, -0.2) is 0 Å². The predicted molar refractivity (Wildman–Crippen MR) is 76.9 cm³/mol. The number of nitrogens with one attached hydrogen (secondary N) is 1. The molecule has 1 aromatic heterocycles. The van der Waals surface area contributed by atoms with Crippen LogP contribution in [0.25, 0.3) is 0 Å². The highest BCUT2D eigenvalue weighted by Gasteiger charge is 2.26.